The average Bonchev–Trinajstić information content (AvgIpc) is 2.75. The Morgan fingerprint density at radius 1 is 1.45 bits per heavy atom. The van der Waals surface area contributed by atoms with Gasteiger partial charge in [-0.15, -0.1) is 0 Å². The smallest absolute Gasteiger partial charge is 0.322 e. The number of halogens is 1. The van der Waals surface area contributed by atoms with Crippen LogP contribution in [-0.2, 0) is 14.8 Å². The van der Waals surface area contributed by atoms with E-state index in [1.165, 1.54) is 13.0 Å². The van der Waals surface area contributed by atoms with Crippen molar-refractivity contribution in [2.24, 2.45) is 0 Å². The zero-order valence-electron chi connectivity index (χ0n) is 10.7. The Bertz CT molecular complexity index is 645. The number of benzene rings is 1. The highest BCUT2D eigenvalue weighted by atomic mass is 32.2. The number of hydrogen-bond acceptors (Lipinski definition) is 4. The standard InChI is InChI=1S/C12H14FNO5S/c1-7-2-3-8(13)4-11(7)20(18,19)14-6-9(15)5-10(14)12(16)17/h2-4,9-10,15H,5-6H2,1H3,(H,16,17)/t9?,10-/m0/s1. The van der Waals surface area contributed by atoms with Gasteiger partial charge >= 0.3 is 5.97 Å². The number of aliphatic hydroxyl groups is 1. The number of hydrogen-bond donors (Lipinski definition) is 2. The summed E-state index contributed by atoms with van der Waals surface area (Å²) in [6.45, 7) is 1.18. The Kier molecular flexibility index (Phi) is 3.81. The summed E-state index contributed by atoms with van der Waals surface area (Å²) in [4.78, 5) is 10.8. The summed E-state index contributed by atoms with van der Waals surface area (Å²) in [6.07, 6.45) is -1.22. The van der Waals surface area contributed by atoms with Crippen LogP contribution in [0.3, 0.4) is 0 Å². The van der Waals surface area contributed by atoms with E-state index < -0.39 is 34.0 Å². The molecule has 2 N–H and O–H groups in total. The summed E-state index contributed by atoms with van der Waals surface area (Å²) in [6, 6.07) is 1.96. The van der Waals surface area contributed by atoms with E-state index in [1.807, 2.05) is 0 Å². The molecule has 1 aliphatic heterocycles. The van der Waals surface area contributed by atoms with Crippen LogP contribution in [0.2, 0.25) is 0 Å². The molecule has 1 aromatic rings. The first-order chi connectivity index (χ1) is 9.23. The Labute approximate surface area is 115 Å². The zero-order chi connectivity index (χ0) is 15.1. The first-order valence-electron chi connectivity index (χ1n) is 5.92. The molecule has 6 nitrogen and oxygen atoms in total. The number of β-amino-alcohol motifs (C(OH)–C–C–N with tert-alkyl or cyclic N) is 1. The number of carbonyl (C=O) groups is 1. The van der Waals surface area contributed by atoms with Crippen molar-refractivity contribution in [3.05, 3.63) is 29.6 Å². The van der Waals surface area contributed by atoms with Gasteiger partial charge in [0.1, 0.15) is 11.9 Å². The van der Waals surface area contributed by atoms with Gasteiger partial charge in [-0.1, -0.05) is 6.07 Å². The molecule has 0 spiro atoms. The molecule has 2 atom stereocenters. The second-order valence-corrected chi connectivity index (χ2v) is 6.59. The number of carboxylic acids is 1. The highest BCUT2D eigenvalue weighted by molar-refractivity contribution is 7.89. The lowest BCUT2D eigenvalue weighted by Gasteiger charge is -2.21. The van der Waals surface area contributed by atoms with Crippen LogP contribution in [0.4, 0.5) is 4.39 Å². The van der Waals surface area contributed by atoms with E-state index in [0.717, 1.165) is 12.1 Å². The van der Waals surface area contributed by atoms with Gasteiger partial charge in [-0.2, -0.15) is 4.31 Å². The van der Waals surface area contributed by atoms with E-state index in [9.17, 15) is 22.7 Å². The lowest BCUT2D eigenvalue weighted by Crippen LogP contribution is -2.40. The molecule has 1 fully saturated rings. The van der Waals surface area contributed by atoms with E-state index in [-0.39, 0.29) is 17.9 Å². The largest absolute Gasteiger partial charge is 0.480 e. The van der Waals surface area contributed by atoms with Gasteiger partial charge in [0, 0.05) is 13.0 Å². The molecular weight excluding hydrogens is 289 g/mol. The number of carboxylic acid groups (broad SMARTS) is 1. The number of aliphatic hydroxyl groups excluding tert-OH is 1. The molecule has 1 aliphatic rings. The predicted molar refractivity (Wildman–Crippen MR) is 67.1 cm³/mol. The number of aryl methyl sites for hydroxylation is 1. The highest BCUT2D eigenvalue weighted by Crippen LogP contribution is 2.28. The van der Waals surface area contributed by atoms with Crippen LogP contribution in [0.1, 0.15) is 12.0 Å². The van der Waals surface area contributed by atoms with Gasteiger partial charge in [-0.25, -0.2) is 12.8 Å². The lowest BCUT2D eigenvalue weighted by atomic mass is 10.2. The topological polar surface area (TPSA) is 94.9 Å². The van der Waals surface area contributed by atoms with E-state index in [1.54, 1.807) is 0 Å². The monoisotopic (exact) mass is 303 g/mol. The number of nitrogens with zero attached hydrogens (tertiary/aromatic N) is 1. The molecule has 1 unspecified atom stereocenters. The van der Waals surface area contributed by atoms with Crippen LogP contribution in [0, 0.1) is 12.7 Å². The molecule has 1 saturated heterocycles. The van der Waals surface area contributed by atoms with Crippen molar-refractivity contribution in [3.8, 4) is 0 Å². The second-order valence-electron chi connectivity index (χ2n) is 4.73. The van der Waals surface area contributed by atoms with E-state index in [0.29, 0.717) is 9.87 Å². The third-order valence-corrected chi connectivity index (χ3v) is 5.27. The van der Waals surface area contributed by atoms with Crippen molar-refractivity contribution in [3.63, 3.8) is 0 Å². The molecule has 1 heterocycles. The van der Waals surface area contributed by atoms with Crippen molar-refractivity contribution in [1.82, 2.24) is 4.31 Å². The molecule has 20 heavy (non-hydrogen) atoms. The van der Waals surface area contributed by atoms with Crippen LogP contribution in [-0.4, -0.2) is 47.6 Å². The first kappa shape index (κ1) is 14.9. The molecule has 0 aliphatic carbocycles. The summed E-state index contributed by atoms with van der Waals surface area (Å²) < 4.78 is 38.9. The Hall–Kier alpha value is -1.51. The maximum absolute atomic E-state index is 13.2. The van der Waals surface area contributed by atoms with Gasteiger partial charge in [-0.05, 0) is 24.6 Å². The fourth-order valence-electron chi connectivity index (χ4n) is 2.25. The Morgan fingerprint density at radius 2 is 2.10 bits per heavy atom. The van der Waals surface area contributed by atoms with E-state index in [2.05, 4.69) is 0 Å². The number of rotatable bonds is 3. The van der Waals surface area contributed by atoms with Crippen LogP contribution < -0.4 is 0 Å². The maximum Gasteiger partial charge on any atom is 0.322 e. The third kappa shape index (κ3) is 2.54. The van der Waals surface area contributed by atoms with Crippen LogP contribution in [0.15, 0.2) is 23.1 Å². The minimum absolute atomic E-state index is 0.178. The minimum atomic E-state index is -4.17. The van der Waals surface area contributed by atoms with Gasteiger partial charge in [-0.3, -0.25) is 4.79 Å². The lowest BCUT2D eigenvalue weighted by molar-refractivity contribution is -0.140. The molecule has 1 aromatic carbocycles. The molecule has 0 amide bonds. The third-order valence-electron chi connectivity index (χ3n) is 3.26. The van der Waals surface area contributed by atoms with Crippen molar-refractivity contribution in [2.75, 3.05) is 6.54 Å². The van der Waals surface area contributed by atoms with Crippen LogP contribution in [0.5, 0.6) is 0 Å². The molecule has 110 valence electrons. The summed E-state index contributed by atoms with van der Waals surface area (Å²) in [5.74, 6) is -2.06. The fraction of sp³-hybridized carbons (Fsp3) is 0.417. The highest BCUT2D eigenvalue weighted by Gasteiger charge is 2.44. The minimum Gasteiger partial charge on any atom is -0.480 e. The van der Waals surface area contributed by atoms with Crippen LogP contribution in [0.25, 0.3) is 0 Å². The summed E-state index contributed by atoms with van der Waals surface area (Å²) in [7, 11) is -4.17. The quantitative estimate of drug-likeness (QED) is 0.840. The molecule has 0 saturated carbocycles. The molecular formula is C12H14FNO5S. The van der Waals surface area contributed by atoms with Gasteiger partial charge in [0.25, 0.3) is 0 Å². The Balaban J connectivity index is 2.49. The van der Waals surface area contributed by atoms with Crippen molar-refractivity contribution in [2.45, 2.75) is 30.4 Å². The normalized spacial score (nSPS) is 23.9. The zero-order valence-corrected chi connectivity index (χ0v) is 11.5. The molecule has 0 bridgehead atoms. The van der Waals surface area contributed by atoms with Gasteiger partial charge in [0.15, 0.2) is 0 Å². The average molecular weight is 303 g/mol. The Morgan fingerprint density at radius 3 is 2.70 bits per heavy atom. The summed E-state index contributed by atoms with van der Waals surface area (Å²) in [5, 5.41) is 18.6. The maximum atomic E-state index is 13.2. The van der Waals surface area contributed by atoms with Gasteiger partial charge in [0.05, 0.1) is 11.0 Å². The van der Waals surface area contributed by atoms with E-state index in [4.69, 9.17) is 5.11 Å². The van der Waals surface area contributed by atoms with Gasteiger partial charge in [0.2, 0.25) is 10.0 Å². The van der Waals surface area contributed by atoms with Crippen molar-refractivity contribution in [1.29, 1.82) is 0 Å². The summed E-state index contributed by atoms with van der Waals surface area (Å²) in [5.41, 5.74) is 0.317. The molecule has 2 rings (SSSR count). The fourth-order valence-corrected chi connectivity index (χ4v) is 4.12. The van der Waals surface area contributed by atoms with Gasteiger partial charge < -0.3 is 10.2 Å². The first-order valence-corrected chi connectivity index (χ1v) is 7.36. The van der Waals surface area contributed by atoms with Crippen molar-refractivity contribution >= 4 is 16.0 Å². The molecule has 0 radical (unpaired) electrons. The SMILES string of the molecule is Cc1ccc(F)cc1S(=O)(=O)N1CC(O)C[C@H]1C(=O)O. The van der Waals surface area contributed by atoms with Crippen LogP contribution >= 0.6 is 0 Å². The molecule has 0 aromatic heterocycles. The number of sulfonamides is 1. The van der Waals surface area contributed by atoms with E-state index >= 15 is 0 Å². The second kappa shape index (κ2) is 5.12. The predicted octanol–water partition coefficient (Wildman–Crippen LogP) is 0.343. The number of aliphatic carboxylic acids is 1. The van der Waals surface area contributed by atoms with Crippen molar-refractivity contribution < 1.29 is 27.8 Å². The summed E-state index contributed by atoms with van der Waals surface area (Å²) >= 11 is 0. The molecule has 8 heteroatoms.